The minimum Gasteiger partial charge on any atom is -0.459 e. The Bertz CT molecular complexity index is 644. The summed E-state index contributed by atoms with van der Waals surface area (Å²) >= 11 is 0. The van der Waals surface area contributed by atoms with E-state index in [9.17, 15) is 9.59 Å². The molecule has 0 radical (unpaired) electrons. The number of carbonyl (C=O) groups excluding carboxylic acids is 2. The van der Waals surface area contributed by atoms with Crippen LogP contribution in [-0.4, -0.2) is 38.6 Å². The maximum atomic E-state index is 11.8. The van der Waals surface area contributed by atoms with Crippen molar-refractivity contribution in [3.05, 3.63) is 54.0 Å². The second-order valence-corrected chi connectivity index (χ2v) is 5.07. The van der Waals surface area contributed by atoms with Gasteiger partial charge in [0, 0.05) is 25.9 Å². The van der Waals surface area contributed by atoms with Crippen molar-refractivity contribution < 1.29 is 18.7 Å². The Labute approximate surface area is 152 Å². The number of ether oxygens (including phenoxy) is 1. The zero-order chi connectivity index (χ0) is 17.2. The van der Waals surface area contributed by atoms with Gasteiger partial charge in [-0.1, -0.05) is 12.1 Å². The third-order valence-electron chi connectivity index (χ3n) is 3.21. The average molecular weight is 368 g/mol. The van der Waals surface area contributed by atoms with Gasteiger partial charge in [0.15, 0.2) is 5.76 Å². The van der Waals surface area contributed by atoms with Gasteiger partial charge in [-0.2, -0.15) is 0 Å². The highest BCUT2D eigenvalue weighted by Crippen LogP contribution is 2.11. The normalized spacial score (nSPS) is 9.96. The van der Waals surface area contributed by atoms with Gasteiger partial charge in [-0.15, -0.1) is 12.4 Å². The van der Waals surface area contributed by atoms with Gasteiger partial charge in [-0.05, 0) is 29.8 Å². The van der Waals surface area contributed by atoms with Crippen molar-refractivity contribution >= 4 is 29.9 Å². The van der Waals surface area contributed by atoms with Gasteiger partial charge in [0.25, 0.3) is 5.91 Å². The molecule has 1 heterocycles. The van der Waals surface area contributed by atoms with E-state index in [4.69, 9.17) is 9.15 Å². The first kappa shape index (κ1) is 20.7. The summed E-state index contributed by atoms with van der Waals surface area (Å²) in [6.07, 6.45) is 1.45. The molecule has 0 unspecified atom stereocenters. The zero-order valence-electron chi connectivity index (χ0n) is 13.9. The Morgan fingerprint density at radius 3 is 2.56 bits per heavy atom. The monoisotopic (exact) mass is 367 g/mol. The molecule has 2 rings (SSSR count). The van der Waals surface area contributed by atoms with E-state index in [2.05, 4.69) is 16.0 Å². The highest BCUT2D eigenvalue weighted by atomic mass is 35.5. The summed E-state index contributed by atoms with van der Waals surface area (Å²) in [5, 5.41) is 8.52. The lowest BCUT2D eigenvalue weighted by atomic mass is 10.2. The molecule has 0 aliphatic heterocycles. The number of amides is 2. The molecular weight excluding hydrogens is 346 g/mol. The quantitative estimate of drug-likeness (QED) is 0.588. The lowest BCUT2D eigenvalue weighted by molar-refractivity contribution is -0.120. The molecule has 8 heteroatoms. The molecule has 0 bridgehead atoms. The molecule has 136 valence electrons. The summed E-state index contributed by atoms with van der Waals surface area (Å²) in [7, 11) is 1.61. The molecule has 1 aromatic carbocycles. The van der Waals surface area contributed by atoms with Gasteiger partial charge in [-0.25, -0.2) is 0 Å². The fourth-order valence-corrected chi connectivity index (χ4v) is 1.95. The molecule has 1 aromatic heterocycles. The van der Waals surface area contributed by atoms with E-state index in [1.54, 1.807) is 31.4 Å². The molecule has 2 amide bonds. The predicted octanol–water partition coefficient (Wildman–Crippen LogP) is 1.81. The minimum atomic E-state index is -0.303. The highest BCUT2D eigenvalue weighted by molar-refractivity contribution is 6.02. The van der Waals surface area contributed by atoms with Gasteiger partial charge in [0.05, 0.1) is 19.4 Å². The Morgan fingerprint density at radius 1 is 1.16 bits per heavy atom. The summed E-state index contributed by atoms with van der Waals surface area (Å²) in [5.74, 6) is -0.128. The van der Waals surface area contributed by atoms with Crippen LogP contribution < -0.4 is 16.0 Å². The van der Waals surface area contributed by atoms with Crippen molar-refractivity contribution in [3.63, 3.8) is 0 Å². The van der Waals surface area contributed by atoms with Crippen molar-refractivity contribution in [1.82, 2.24) is 10.6 Å². The van der Waals surface area contributed by atoms with Crippen molar-refractivity contribution in [2.45, 2.75) is 6.54 Å². The van der Waals surface area contributed by atoms with Gasteiger partial charge in [-0.3, -0.25) is 9.59 Å². The maximum Gasteiger partial charge on any atom is 0.291 e. The van der Waals surface area contributed by atoms with E-state index in [1.807, 2.05) is 12.1 Å². The smallest absolute Gasteiger partial charge is 0.291 e. The van der Waals surface area contributed by atoms with Gasteiger partial charge < -0.3 is 25.1 Å². The molecule has 7 nitrogen and oxygen atoms in total. The molecule has 3 N–H and O–H groups in total. The summed E-state index contributed by atoms with van der Waals surface area (Å²) < 4.78 is 9.92. The molecule has 0 saturated carbocycles. The van der Waals surface area contributed by atoms with E-state index in [1.165, 1.54) is 6.26 Å². The van der Waals surface area contributed by atoms with Crippen LogP contribution >= 0.6 is 12.4 Å². The second-order valence-electron chi connectivity index (χ2n) is 5.07. The minimum absolute atomic E-state index is 0. The second kappa shape index (κ2) is 11.2. The van der Waals surface area contributed by atoms with Crippen LogP contribution in [0.4, 0.5) is 5.69 Å². The Morgan fingerprint density at radius 2 is 1.92 bits per heavy atom. The number of furan rings is 1. The van der Waals surface area contributed by atoms with Gasteiger partial charge in [0.1, 0.15) is 0 Å². The van der Waals surface area contributed by atoms with Crippen LogP contribution in [0.1, 0.15) is 16.1 Å². The first-order valence-corrected chi connectivity index (χ1v) is 7.59. The molecule has 0 aliphatic rings. The van der Waals surface area contributed by atoms with E-state index in [0.29, 0.717) is 25.4 Å². The number of benzene rings is 1. The number of anilines is 1. The van der Waals surface area contributed by atoms with Crippen molar-refractivity contribution in [1.29, 1.82) is 0 Å². The van der Waals surface area contributed by atoms with Crippen LogP contribution in [0.5, 0.6) is 0 Å². The number of carbonyl (C=O) groups is 2. The fraction of sp³-hybridized carbons (Fsp3) is 0.294. The van der Waals surface area contributed by atoms with Gasteiger partial charge >= 0.3 is 0 Å². The van der Waals surface area contributed by atoms with Crippen molar-refractivity contribution in [3.8, 4) is 0 Å². The number of hydrogen-bond acceptors (Lipinski definition) is 5. The lowest BCUT2D eigenvalue weighted by Crippen LogP contribution is -2.34. The first-order chi connectivity index (χ1) is 11.7. The van der Waals surface area contributed by atoms with Crippen LogP contribution in [0.3, 0.4) is 0 Å². The van der Waals surface area contributed by atoms with Crippen LogP contribution in [0.15, 0.2) is 47.1 Å². The fourth-order valence-electron chi connectivity index (χ4n) is 1.95. The average Bonchev–Trinajstić information content (AvgIpc) is 3.13. The van der Waals surface area contributed by atoms with Crippen molar-refractivity contribution in [2.24, 2.45) is 0 Å². The summed E-state index contributed by atoms with van der Waals surface area (Å²) in [5.41, 5.74) is 1.60. The largest absolute Gasteiger partial charge is 0.459 e. The number of rotatable bonds is 9. The van der Waals surface area contributed by atoms with Crippen LogP contribution in [-0.2, 0) is 16.1 Å². The third-order valence-corrected chi connectivity index (χ3v) is 3.21. The SMILES string of the molecule is COCCNCC(=O)NCc1ccc(NC(=O)c2ccco2)cc1.Cl. The third kappa shape index (κ3) is 7.38. The first-order valence-electron chi connectivity index (χ1n) is 7.59. The van der Waals surface area contributed by atoms with Crippen molar-refractivity contribution in [2.75, 3.05) is 32.1 Å². The summed E-state index contributed by atoms with van der Waals surface area (Å²) in [6.45, 7) is 1.88. The molecule has 2 aromatic rings. The van der Waals surface area contributed by atoms with E-state index in [0.717, 1.165) is 5.56 Å². The number of hydrogen-bond donors (Lipinski definition) is 3. The predicted molar refractivity (Wildman–Crippen MR) is 96.9 cm³/mol. The highest BCUT2D eigenvalue weighted by Gasteiger charge is 2.08. The number of methoxy groups -OCH3 is 1. The number of nitrogens with one attached hydrogen (secondary N) is 3. The Balaban J connectivity index is 0.00000312. The van der Waals surface area contributed by atoms with Crippen LogP contribution in [0, 0.1) is 0 Å². The molecule has 0 fully saturated rings. The van der Waals surface area contributed by atoms with E-state index >= 15 is 0 Å². The molecule has 0 atom stereocenters. The zero-order valence-corrected chi connectivity index (χ0v) is 14.7. The number of halogens is 1. The van der Waals surface area contributed by atoms with Gasteiger partial charge in [0.2, 0.25) is 5.91 Å². The molecule has 25 heavy (non-hydrogen) atoms. The molecule has 0 aliphatic carbocycles. The van der Waals surface area contributed by atoms with Crippen LogP contribution in [0.2, 0.25) is 0 Å². The molecular formula is C17H22ClN3O4. The standard InChI is InChI=1S/C17H21N3O4.ClH/c1-23-10-8-18-12-16(21)19-11-13-4-6-14(7-5-13)20-17(22)15-3-2-9-24-15;/h2-7,9,18H,8,10-12H2,1H3,(H,19,21)(H,20,22);1H. The topological polar surface area (TPSA) is 92.6 Å². The maximum absolute atomic E-state index is 11.8. The molecule has 0 spiro atoms. The summed E-state index contributed by atoms with van der Waals surface area (Å²) in [6, 6.07) is 10.5. The Kier molecular flexibility index (Phi) is 9.31. The Hall–Kier alpha value is -2.35. The lowest BCUT2D eigenvalue weighted by Gasteiger charge is -2.08. The van der Waals surface area contributed by atoms with Crippen LogP contribution in [0.25, 0.3) is 0 Å². The van der Waals surface area contributed by atoms with E-state index < -0.39 is 0 Å². The summed E-state index contributed by atoms with van der Waals surface area (Å²) in [4.78, 5) is 23.5. The van der Waals surface area contributed by atoms with E-state index in [-0.39, 0.29) is 36.5 Å². The molecule has 0 saturated heterocycles.